The Morgan fingerprint density at radius 1 is 0.961 bits per heavy atom. The van der Waals surface area contributed by atoms with Crippen molar-refractivity contribution in [3.8, 4) is 17.0 Å². The van der Waals surface area contributed by atoms with Crippen molar-refractivity contribution in [3.63, 3.8) is 0 Å². The number of likely N-dealkylation sites (tertiary alicyclic amines) is 2. The third-order valence-corrected chi connectivity index (χ3v) is 14.6. The molecule has 51 heavy (non-hydrogen) atoms. The normalized spacial score (nSPS) is 24.2. The Bertz CT molecular complexity index is 2040. The molecule has 0 bridgehead atoms. The molecule has 11 nitrogen and oxygen atoms in total. The summed E-state index contributed by atoms with van der Waals surface area (Å²) >= 11 is 0. The van der Waals surface area contributed by atoms with E-state index in [1.165, 1.54) is 25.8 Å². The second-order valence-corrected chi connectivity index (χ2v) is 18.1. The summed E-state index contributed by atoms with van der Waals surface area (Å²) in [5.74, 6) is 0.466. The minimum atomic E-state index is -3.84. The van der Waals surface area contributed by atoms with Gasteiger partial charge in [0.15, 0.2) is 0 Å². The maximum atomic E-state index is 14.9. The summed E-state index contributed by atoms with van der Waals surface area (Å²) in [6, 6.07) is 11.7. The molecule has 2 saturated heterocycles. The Hall–Kier alpha value is -4.06. The van der Waals surface area contributed by atoms with Gasteiger partial charge in [0.05, 0.1) is 23.5 Å². The molecule has 2 saturated carbocycles. The molecular weight excluding hydrogens is 669 g/mol. The first-order valence-electron chi connectivity index (χ1n) is 18.6. The number of carboxylic acid groups (broad SMARTS) is 1. The van der Waals surface area contributed by atoms with Gasteiger partial charge in [-0.1, -0.05) is 25.3 Å². The summed E-state index contributed by atoms with van der Waals surface area (Å²) in [5, 5.41) is 10.2. The summed E-state index contributed by atoms with van der Waals surface area (Å²) in [7, 11) is -2.18. The number of hydrogen-bond donors (Lipinski definition) is 2. The van der Waals surface area contributed by atoms with E-state index in [2.05, 4.69) is 21.4 Å². The number of nitrogens with one attached hydrogen (secondary N) is 1. The molecule has 4 heterocycles. The number of sulfonamides is 1. The molecule has 4 fully saturated rings. The fourth-order valence-corrected chi connectivity index (χ4v) is 10.5. The van der Waals surface area contributed by atoms with Gasteiger partial charge in [-0.2, -0.15) is 0 Å². The first-order valence-corrected chi connectivity index (χ1v) is 20.1. The van der Waals surface area contributed by atoms with E-state index >= 15 is 0 Å². The second-order valence-electron chi connectivity index (χ2n) is 15.9. The monoisotopic (exact) mass is 716 g/mol. The summed E-state index contributed by atoms with van der Waals surface area (Å²) in [5.41, 5.74) is 4.50. The molecule has 3 aliphatic heterocycles. The molecule has 2 aromatic carbocycles. The van der Waals surface area contributed by atoms with Crippen LogP contribution in [0.1, 0.15) is 111 Å². The topological polar surface area (TPSA) is 138 Å². The van der Waals surface area contributed by atoms with Crippen LogP contribution in [-0.2, 0) is 21.4 Å². The Balaban J connectivity index is 1.24. The van der Waals surface area contributed by atoms with Crippen LogP contribution in [0.3, 0.4) is 0 Å². The predicted molar refractivity (Wildman–Crippen MR) is 194 cm³/mol. The Morgan fingerprint density at radius 2 is 1.71 bits per heavy atom. The maximum absolute atomic E-state index is 14.9. The van der Waals surface area contributed by atoms with Gasteiger partial charge in [-0.25, -0.2) is 17.9 Å². The Morgan fingerprint density at radius 3 is 2.39 bits per heavy atom. The van der Waals surface area contributed by atoms with Gasteiger partial charge in [0.25, 0.3) is 5.91 Å². The average Bonchev–Trinajstić information content (AvgIpc) is 3.61. The van der Waals surface area contributed by atoms with E-state index in [1.54, 1.807) is 18.1 Å². The standard InChI is InChI=1S/C39H48N4O7S/c1-24(2)51(48,49)40-35(44)26-10-12-29-32(20-26)42-23-39(36(45)41-18-15-38(16-19-41)14-7-17-43(38)37(46)47)22-31(39)30-21-27(50-3)11-13-28(30)34(42)33(29)25-8-5-4-6-9-25/h10-13,20-21,24-25,31H,4-9,14-19,22-23H2,1-3H3,(H,40,44)(H,46,47). The van der Waals surface area contributed by atoms with E-state index in [1.807, 2.05) is 23.1 Å². The highest BCUT2D eigenvalue weighted by Crippen LogP contribution is 2.66. The molecule has 2 atom stereocenters. The van der Waals surface area contributed by atoms with Crippen LogP contribution >= 0.6 is 0 Å². The zero-order valence-electron chi connectivity index (χ0n) is 29.7. The number of amides is 3. The van der Waals surface area contributed by atoms with Crippen LogP contribution in [-0.4, -0.2) is 83.3 Å². The number of piperidine rings is 1. The van der Waals surface area contributed by atoms with Crippen molar-refractivity contribution in [2.75, 3.05) is 26.7 Å². The van der Waals surface area contributed by atoms with E-state index < -0.39 is 38.2 Å². The van der Waals surface area contributed by atoms with Gasteiger partial charge in [0, 0.05) is 59.7 Å². The molecule has 8 rings (SSSR count). The van der Waals surface area contributed by atoms with E-state index in [0.29, 0.717) is 51.4 Å². The molecule has 2 N–H and O–H groups in total. The van der Waals surface area contributed by atoms with E-state index in [9.17, 15) is 27.9 Å². The second kappa shape index (κ2) is 12.3. The minimum Gasteiger partial charge on any atom is -0.497 e. The number of carbonyl (C=O) groups is 3. The highest BCUT2D eigenvalue weighted by molar-refractivity contribution is 7.90. The molecule has 5 aliphatic rings. The van der Waals surface area contributed by atoms with E-state index in [-0.39, 0.29) is 17.4 Å². The Kier molecular flexibility index (Phi) is 8.20. The number of nitrogens with zero attached hydrogens (tertiary/aromatic N) is 3. The quantitative estimate of drug-likeness (QED) is 0.299. The lowest BCUT2D eigenvalue weighted by molar-refractivity contribution is -0.140. The highest BCUT2D eigenvalue weighted by atomic mass is 32.2. The number of fused-ring (bicyclic) bond motifs is 7. The first kappa shape index (κ1) is 34.0. The van der Waals surface area contributed by atoms with Gasteiger partial charge < -0.3 is 24.2 Å². The fourth-order valence-electron chi connectivity index (χ4n) is 9.93. The lowest BCUT2D eigenvalue weighted by Gasteiger charge is -2.44. The largest absolute Gasteiger partial charge is 0.497 e. The van der Waals surface area contributed by atoms with Crippen molar-refractivity contribution in [3.05, 3.63) is 53.1 Å². The van der Waals surface area contributed by atoms with Crippen LogP contribution in [0.5, 0.6) is 5.75 Å². The maximum Gasteiger partial charge on any atom is 0.407 e. The average molecular weight is 717 g/mol. The van der Waals surface area contributed by atoms with Gasteiger partial charge in [-0.15, -0.1) is 0 Å². The molecule has 1 aromatic heterocycles. The zero-order chi connectivity index (χ0) is 35.9. The van der Waals surface area contributed by atoms with Gasteiger partial charge in [-0.3, -0.25) is 9.59 Å². The number of rotatable bonds is 6. The van der Waals surface area contributed by atoms with Crippen LogP contribution in [0.25, 0.3) is 22.2 Å². The third kappa shape index (κ3) is 5.42. The van der Waals surface area contributed by atoms with Gasteiger partial charge in [0.1, 0.15) is 5.75 Å². The number of methoxy groups -OCH3 is 1. The fraction of sp³-hybridized carbons (Fsp3) is 0.564. The SMILES string of the molecule is COc1ccc2c(c1)C1CC1(C(=O)N1CCC3(CCCN3C(=O)O)CC1)Cn1c-2c(C2CCCCC2)c2ccc(C(=O)NS(=O)(=O)C(C)C)cc21. The lowest BCUT2D eigenvalue weighted by Crippen LogP contribution is -2.55. The van der Waals surface area contributed by atoms with Gasteiger partial charge in [0.2, 0.25) is 15.9 Å². The van der Waals surface area contributed by atoms with E-state index in [0.717, 1.165) is 72.0 Å². The number of hydrogen-bond acceptors (Lipinski definition) is 6. The first-order chi connectivity index (χ1) is 24.4. The summed E-state index contributed by atoms with van der Waals surface area (Å²) in [6.07, 6.45) is 8.36. The summed E-state index contributed by atoms with van der Waals surface area (Å²) in [6.45, 7) is 5.09. The zero-order valence-corrected chi connectivity index (χ0v) is 30.6. The number of aromatic nitrogens is 1. The molecule has 1 spiro atoms. The number of ether oxygens (including phenoxy) is 1. The van der Waals surface area contributed by atoms with Crippen molar-refractivity contribution in [1.29, 1.82) is 0 Å². The van der Waals surface area contributed by atoms with E-state index in [4.69, 9.17) is 4.74 Å². The minimum absolute atomic E-state index is 0.0233. The Labute approximate surface area is 299 Å². The summed E-state index contributed by atoms with van der Waals surface area (Å²) in [4.78, 5) is 44.0. The summed E-state index contributed by atoms with van der Waals surface area (Å²) < 4.78 is 35.6. The molecule has 3 amide bonds. The number of carbonyl (C=O) groups excluding carboxylic acids is 2. The smallest absolute Gasteiger partial charge is 0.407 e. The van der Waals surface area contributed by atoms with Crippen molar-refractivity contribution < 1.29 is 32.6 Å². The van der Waals surface area contributed by atoms with Crippen molar-refractivity contribution in [2.24, 2.45) is 5.41 Å². The third-order valence-electron chi connectivity index (χ3n) is 12.9. The van der Waals surface area contributed by atoms with Gasteiger partial charge >= 0.3 is 6.09 Å². The molecule has 2 aliphatic carbocycles. The molecular formula is C39H48N4O7S. The predicted octanol–water partition coefficient (Wildman–Crippen LogP) is 6.45. The molecule has 0 radical (unpaired) electrons. The molecule has 3 aromatic rings. The molecule has 272 valence electrons. The van der Waals surface area contributed by atoms with Crippen molar-refractivity contribution in [2.45, 2.75) is 107 Å². The number of benzene rings is 2. The van der Waals surface area contributed by atoms with Gasteiger partial charge in [-0.05, 0) is 106 Å². The van der Waals surface area contributed by atoms with Crippen molar-refractivity contribution >= 4 is 38.8 Å². The van der Waals surface area contributed by atoms with Crippen LogP contribution in [0.2, 0.25) is 0 Å². The molecule has 12 heteroatoms. The van der Waals surface area contributed by atoms with Crippen LogP contribution in [0, 0.1) is 5.41 Å². The van der Waals surface area contributed by atoms with Crippen LogP contribution in [0.15, 0.2) is 36.4 Å². The van der Waals surface area contributed by atoms with Crippen molar-refractivity contribution in [1.82, 2.24) is 19.1 Å². The van der Waals surface area contributed by atoms with Crippen LogP contribution in [0.4, 0.5) is 4.79 Å². The van der Waals surface area contributed by atoms with Crippen LogP contribution < -0.4 is 9.46 Å². The lowest BCUT2D eigenvalue weighted by atomic mass is 9.81. The molecule has 2 unspecified atom stereocenters. The highest BCUT2D eigenvalue weighted by Gasteiger charge is 2.64.